The molecule has 1 aromatic rings. The Bertz CT molecular complexity index is 470. The molecule has 1 aliphatic rings. The van der Waals surface area contributed by atoms with E-state index in [0.29, 0.717) is 19.5 Å². The van der Waals surface area contributed by atoms with Gasteiger partial charge in [-0.25, -0.2) is 8.78 Å². The summed E-state index contributed by atoms with van der Waals surface area (Å²) in [6, 6.07) is 2.00. The predicted molar refractivity (Wildman–Crippen MR) is 64.2 cm³/mol. The number of carbonyl (C=O) groups excluding carboxylic acids is 1. The van der Waals surface area contributed by atoms with Gasteiger partial charge >= 0.3 is 0 Å². The van der Waals surface area contributed by atoms with Gasteiger partial charge in [0.25, 0.3) is 5.91 Å². The normalized spacial score (nSPS) is 18.7. The largest absolute Gasteiger partial charge is 0.497 e. The van der Waals surface area contributed by atoms with Crippen LogP contribution in [-0.4, -0.2) is 44.2 Å². The maximum Gasteiger partial charge on any atom is 0.259 e. The number of likely N-dealkylation sites (tertiary alicyclic amines) is 1. The number of hydrogen-bond donors (Lipinski definition) is 0. The van der Waals surface area contributed by atoms with E-state index in [2.05, 4.69) is 0 Å². The van der Waals surface area contributed by atoms with Crippen LogP contribution in [0.5, 0.6) is 5.75 Å². The summed E-state index contributed by atoms with van der Waals surface area (Å²) in [5.41, 5.74) is -0.544. The smallest absolute Gasteiger partial charge is 0.259 e. The number of hydrogen-bond acceptors (Lipinski definition) is 3. The molecule has 1 unspecified atom stereocenters. The molecule has 1 atom stereocenters. The molecular weight excluding hydrogens is 256 g/mol. The molecule has 0 aliphatic carbocycles. The van der Waals surface area contributed by atoms with Crippen LogP contribution >= 0.6 is 0 Å². The third-order valence-electron chi connectivity index (χ3n) is 3.23. The van der Waals surface area contributed by atoms with Crippen LogP contribution in [-0.2, 0) is 4.74 Å². The zero-order valence-corrected chi connectivity index (χ0v) is 10.8. The molecule has 19 heavy (non-hydrogen) atoms. The topological polar surface area (TPSA) is 38.8 Å². The highest BCUT2D eigenvalue weighted by molar-refractivity contribution is 5.95. The maximum atomic E-state index is 13.8. The molecule has 1 aromatic carbocycles. The average Bonchev–Trinajstić information content (AvgIpc) is 2.86. The monoisotopic (exact) mass is 271 g/mol. The van der Waals surface area contributed by atoms with Crippen molar-refractivity contribution in [2.75, 3.05) is 27.3 Å². The molecule has 6 heteroatoms. The molecule has 4 nitrogen and oxygen atoms in total. The van der Waals surface area contributed by atoms with Crippen LogP contribution in [0.4, 0.5) is 8.78 Å². The first-order valence-corrected chi connectivity index (χ1v) is 5.92. The lowest BCUT2D eigenvalue weighted by Gasteiger charge is -2.17. The van der Waals surface area contributed by atoms with Gasteiger partial charge in [0, 0.05) is 32.3 Å². The molecule has 1 fully saturated rings. The van der Waals surface area contributed by atoms with Crippen LogP contribution in [0.3, 0.4) is 0 Å². The van der Waals surface area contributed by atoms with Crippen molar-refractivity contribution in [2.45, 2.75) is 12.5 Å². The predicted octanol–water partition coefficient (Wildman–Crippen LogP) is 1.83. The summed E-state index contributed by atoms with van der Waals surface area (Å²) in [7, 11) is 2.85. The average molecular weight is 271 g/mol. The van der Waals surface area contributed by atoms with Crippen LogP contribution in [0.1, 0.15) is 16.8 Å². The van der Waals surface area contributed by atoms with Gasteiger partial charge in [-0.15, -0.1) is 0 Å². The van der Waals surface area contributed by atoms with Gasteiger partial charge < -0.3 is 14.4 Å². The molecule has 104 valence electrons. The first kappa shape index (κ1) is 13.7. The van der Waals surface area contributed by atoms with Gasteiger partial charge in [0.05, 0.1) is 13.2 Å². The van der Waals surface area contributed by atoms with E-state index >= 15 is 0 Å². The Balaban J connectivity index is 2.25. The molecule has 2 rings (SSSR count). The fourth-order valence-electron chi connectivity index (χ4n) is 2.14. The van der Waals surface area contributed by atoms with E-state index in [0.717, 1.165) is 12.1 Å². The van der Waals surface area contributed by atoms with Crippen LogP contribution in [0.15, 0.2) is 12.1 Å². The number of methoxy groups -OCH3 is 2. The SMILES string of the molecule is COc1cc(F)c(C(=O)N2CCC(OC)C2)c(F)c1. The molecule has 1 aliphatic heterocycles. The number of ether oxygens (including phenoxy) is 2. The summed E-state index contributed by atoms with van der Waals surface area (Å²) in [6.45, 7) is 0.780. The lowest BCUT2D eigenvalue weighted by molar-refractivity contribution is 0.0715. The Morgan fingerprint density at radius 1 is 1.32 bits per heavy atom. The minimum absolute atomic E-state index is 0.0442. The molecular formula is C13H15F2NO3. The van der Waals surface area contributed by atoms with Crippen LogP contribution in [0.2, 0.25) is 0 Å². The van der Waals surface area contributed by atoms with Crippen molar-refractivity contribution in [3.8, 4) is 5.75 Å². The van der Waals surface area contributed by atoms with Gasteiger partial charge in [0.15, 0.2) is 0 Å². The van der Waals surface area contributed by atoms with E-state index in [-0.39, 0.29) is 11.9 Å². The molecule has 0 spiro atoms. The minimum atomic E-state index is -0.914. The van der Waals surface area contributed by atoms with Crippen molar-refractivity contribution in [2.24, 2.45) is 0 Å². The molecule has 0 aromatic heterocycles. The Morgan fingerprint density at radius 3 is 2.42 bits per heavy atom. The van der Waals surface area contributed by atoms with Gasteiger partial charge in [0.1, 0.15) is 22.9 Å². The van der Waals surface area contributed by atoms with Crippen LogP contribution < -0.4 is 4.74 Å². The highest BCUT2D eigenvalue weighted by atomic mass is 19.1. The zero-order chi connectivity index (χ0) is 14.0. The second kappa shape index (κ2) is 5.52. The van der Waals surface area contributed by atoms with E-state index in [1.54, 1.807) is 7.11 Å². The number of rotatable bonds is 3. The van der Waals surface area contributed by atoms with Gasteiger partial charge in [-0.05, 0) is 6.42 Å². The summed E-state index contributed by atoms with van der Waals surface area (Å²) in [4.78, 5) is 13.5. The number of carbonyl (C=O) groups is 1. The molecule has 0 radical (unpaired) electrons. The van der Waals surface area contributed by atoms with Gasteiger partial charge in [-0.1, -0.05) is 0 Å². The summed E-state index contributed by atoms with van der Waals surface area (Å²) in [5.74, 6) is -2.44. The number of halogens is 2. The van der Waals surface area contributed by atoms with E-state index in [1.165, 1.54) is 12.0 Å². The summed E-state index contributed by atoms with van der Waals surface area (Å²) in [6.07, 6.45) is 0.593. The summed E-state index contributed by atoms with van der Waals surface area (Å²) >= 11 is 0. The first-order valence-electron chi connectivity index (χ1n) is 5.92. The molecule has 1 amide bonds. The van der Waals surface area contributed by atoms with Gasteiger partial charge in [0.2, 0.25) is 0 Å². The standard InChI is InChI=1S/C13H15F2NO3/c1-18-8-3-4-16(7-8)13(17)12-10(14)5-9(19-2)6-11(12)15/h5-6,8H,3-4,7H2,1-2H3. The van der Waals surface area contributed by atoms with Crippen molar-refractivity contribution >= 4 is 5.91 Å². The lowest BCUT2D eigenvalue weighted by atomic mass is 10.1. The Labute approximate surface area is 109 Å². The Morgan fingerprint density at radius 2 is 1.95 bits per heavy atom. The molecule has 0 bridgehead atoms. The molecule has 0 saturated carbocycles. The minimum Gasteiger partial charge on any atom is -0.497 e. The van der Waals surface area contributed by atoms with E-state index < -0.39 is 23.1 Å². The zero-order valence-electron chi connectivity index (χ0n) is 10.8. The number of amides is 1. The highest BCUT2D eigenvalue weighted by Crippen LogP contribution is 2.23. The quantitative estimate of drug-likeness (QED) is 0.842. The van der Waals surface area contributed by atoms with Crippen molar-refractivity contribution in [1.82, 2.24) is 4.90 Å². The van der Waals surface area contributed by atoms with E-state index in [1.807, 2.05) is 0 Å². The number of nitrogens with zero attached hydrogens (tertiary/aromatic N) is 1. The first-order chi connectivity index (χ1) is 9.06. The van der Waals surface area contributed by atoms with Crippen molar-refractivity contribution in [1.29, 1.82) is 0 Å². The van der Waals surface area contributed by atoms with Crippen molar-refractivity contribution < 1.29 is 23.0 Å². The van der Waals surface area contributed by atoms with Crippen molar-refractivity contribution in [3.63, 3.8) is 0 Å². The fraction of sp³-hybridized carbons (Fsp3) is 0.462. The maximum absolute atomic E-state index is 13.8. The van der Waals surface area contributed by atoms with Crippen molar-refractivity contribution in [3.05, 3.63) is 29.3 Å². The van der Waals surface area contributed by atoms with Crippen LogP contribution in [0, 0.1) is 11.6 Å². The second-order valence-electron chi connectivity index (χ2n) is 4.36. The van der Waals surface area contributed by atoms with Gasteiger partial charge in [-0.2, -0.15) is 0 Å². The lowest BCUT2D eigenvalue weighted by Crippen LogP contribution is -2.31. The molecule has 1 saturated heterocycles. The van der Waals surface area contributed by atoms with E-state index in [9.17, 15) is 13.6 Å². The number of benzene rings is 1. The summed E-state index contributed by atoms with van der Waals surface area (Å²) < 4.78 is 37.4. The van der Waals surface area contributed by atoms with Crippen LogP contribution in [0.25, 0.3) is 0 Å². The molecule has 1 heterocycles. The third-order valence-corrected chi connectivity index (χ3v) is 3.23. The van der Waals surface area contributed by atoms with Gasteiger partial charge in [-0.3, -0.25) is 4.79 Å². The Kier molecular flexibility index (Phi) is 3.99. The second-order valence-corrected chi connectivity index (χ2v) is 4.36. The highest BCUT2D eigenvalue weighted by Gasteiger charge is 2.30. The van der Waals surface area contributed by atoms with E-state index in [4.69, 9.17) is 9.47 Å². The fourth-order valence-corrected chi connectivity index (χ4v) is 2.14. The third kappa shape index (κ3) is 2.68. The molecule has 0 N–H and O–H groups in total. The summed E-state index contributed by atoms with van der Waals surface area (Å²) in [5, 5.41) is 0. The Hall–Kier alpha value is -1.69.